The molecule has 0 aliphatic carbocycles. The number of nitrogens with zero attached hydrogens (tertiary/aromatic N) is 2. The van der Waals surface area contributed by atoms with Gasteiger partial charge in [-0.1, -0.05) is 17.3 Å². The molecule has 2 rings (SSSR count). The third-order valence-electron chi connectivity index (χ3n) is 4.12. The molecule has 27 heavy (non-hydrogen) atoms. The highest BCUT2D eigenvalue weighted by Gasteiger charge is 2.21. The van der Waals surface area contributed by atoms with Crippen LogP contribution in [0.25, 0.3) is 0 Å². The van der Waals surface area contributed by atoms with E-state index in [0.717, 1.165) is 21.9 Å². The molecule has 146 valence electrons. The van der Waals surface area contributed by atoms with Gasteiger partial charge in [-0.15, -0.1) is 11.8 Å². The Bertz CT molecular complexity index is 782. The van der Waals surface area contributed by atoms with Crippen LogP contribution in [0.3, 0.4) is 0 Å². The van der Waals surface area contributed by atoms with Crippen molar-refractivity contribution in [3.05, 3.63) is 46.8 Å². The van der Waals surface area contributed by atoms with Crippen LogP contribution in [-0.2, 0) is 10.5 Å². The summed E-state index contributed by atoms with van der Waals surface area (Å²) in [6.45, 7) is 9.99. The SMILES string of the molecule is CCN(CC(=O)NC(C)C)C(=O)c1ccccc1SCc1c(C)noc1C. The van der Waals surface area contributed by atoms with Crippen LogP contribution < -0.4 is 5.32 Å². The van der Waals surface area contributed by atoms with Crippen LogP contribution in [0.2, 0.25) is 0 Å². The van der Waals surface area contributed by atoms with Gasteiger partial charge in [0.05, 0.1) is 17.8 Å². The second-order valence-corrected chi connectivity index (χ2v) is 7.65. The fraction of sp³-hybridized carbons (Fsp3) is 0.450. The lowest BCUT2D eigenvalue weighted by Gasteiger charge is -2.22. The quantitative estimate of drug-likeness (QED) is 0.699. The Labute approximate surface area is 164 Å². The summed E-state index contributed by atoms with van der Waals surface area (Å²) < 4.78 is 5.21. The predicted molar refractivity (Wildman–Crippen MR) is 107 cm³/mol. The van der Waals surface area contributed by atoms with Gasteiger partial charge in [-0.05, 0) is 46.8 Å². The summed E-state index contributed by atoms with van der Waals surface area (Å²) in [5.74, 6) is 1.18. The Kier molecular flexibility index (Phi) is 7.47. The van der Waals surface area contributed by atoms with Gasteiger partial charge in [0, 0.05) is 28.8 Å². The molecule has 0 fully saturated rings. The molecule has 0 aliphatic heterocycles. The van der Waals surface area contributed by atoms with Crippen molar-refractivity contribution in [2.45, 2.75) is 51.3 Å². The number of benzene rings is 1. The van der Waals surface area contributed by atoms with E-state index >= 15 is 0 Å². The molecule has 0 saturated carbocycles. The fourth-order valence-electron chi connectivity index (χ4n) is 2.67. The summed E-state index contributed by atoms with van der Waals surface area (Å²) in [6, 6.07) is 7.53. The molecular weight excluding hydrogens is 362 g/mol. The highest BCUT2D eigenvalue weighted by molar-refractivity contribution is 7.98. The number of hydrogen-bond donors (Lipinski definition) is 1. The fourth-order valence-corrected chi connectivity index (χ4v) is 3.86. The summed E-state index contributed by atoms with van der Waals surface area (Å²) in [5, 5.41) is 6.80. The van der Waals surface area contributed by atoms with Crippen molar-refractivity contribution < 1.29 is 14.1 Å². The molecule has 2 amide bonds. The first-order chi connectivity index (χ1) is 12.8. The second kappa shape index (κ2) is 9.60. The molecule has 0 radical (unpaired) electrons. The third kappa shape index (κ3) is 5.60. The smallest absolute Gasteiger partial charge is 0.255 e. The van der Waals surface area contributed by atoms with E-state index in [2.05, 4.69) is 10.5 Å². The van der Waals surface area contributed by atoms with Crippen LogP contribution in [0, 0.1) is 13.8 Å². The number of aromatic nitrogens is 1. The van der Waals surface area contributed by atoms with Gasteiger partial charge in [0.1, 0.15) is 5.76 Å². The maximum Gasteiger partial charge on any atom is 0.255 e. The molecule has 0 saturated heterocycles. The van der Waals surface area contributed by atoms with Gasteiger partial charge < -0.3 is 14.7 Å². The maximum atomic E-state index is 13.0. The molecule has 1 N–H and O–H groups in total. The Balaban J connectivity index is 2.15. The molecular formula is C20H27N3O3S. The number of hydrogen-bond acceptors (Lipinski definition) is 5. The highest BCUT2D eigenvalue weighted by Crippen LogP contribution is 2.29. The number of thioether (sulfide) groups is 1. The molecule has 1 heterocycles. The van der Waals surface area contributed by atoms with Gasteiger partial charge >= 0.3 is 0 Å². The summed E-state index contributed by atoms with van der Waals surface area (Å²) in [4.78, 5) is 27.5. The summed E-state index contributed by atoms with van der Waals surface area (Å²) in [5.41, 5.74) is 2.52. The Morgan fingerprint density at radius 3 is 2.56 bits per heavy atom. The highest BCUT2D eigenvalue weighted by atomic mass is 32.2. The van der Waals surface area contributed by atoms with Gasteiger partial charge in [0.2, 0.25) is 5.91 Å². The number of rotatable bonds is 8. The average Bonchev–Trinajstić information content (AvgIpc) is 2.95. The van der Waals surface area contributed by atoms with Crippen molar-refractivity contribution >= 4 is 23.6 Å². The summed E-state index contributed by atoms with van der Waals surface area (Å²) in [7, 11) is 0. The minimum atomic E-state index is -0.152. The monoisotopic (exact) mass is 389 g/mol. The first kappa shape index (κ1) is 21.0. The standard InChI is InChI=1S/C20H27N3O3S/c1-6-23(11-19(24)21-13(2)3)20(25)16-9-7-8-10-18(16)27-12-17-14(4)22-26-15(17)5/h7-10,13H,6,11-12H2,1-5H3,(H,21,24). The number of nitrogens with one attached hydrogen (secondary N) is 1. The van der Waals surface area contributed by atoms with Gasteiger partial charge in [-0.25, -0.2) is 0 Å². The topological polar surface area (TPSA) is 75.4 Å². The second-order valence-electron chi connectivity index (χ2n) is 6.63. The van der Waals surface area contributed by atoms with Crippen molar-refractivity contribution in [2.24, 2.45) is 0 Å². The zero-order valence-corrected chi connectivity index (χ0v) is 17.4. The Hall–Kier alpha value is -2.28. The van der Waals surface area contributed by atoms with Crippen molar-refractivity contribution in [1.82, 2.24) is 15.4 Å². The molecule has 0 atom stereocenters. The minimum absolute atomic E-state index is 0.0456. The van der Waals surface area contributed by atoms with Gasteiger partial charge in [0.25, 0.3) is 5.91 Å². The summed E-state index contributed by atoms with van der Waals surface area (Å²) >= 11 is 1.57. The van der Waals surface area contributed by atoms with E-state index in [-0.39, 0.29) is 24.4 Å². The molecule has 0 bridgehead atoms. The van der Waals surface area contributed by atoms with E-state index in [9.17, 15) is 9.59 Å². The first-order valence-corrected chi connectivity index (χ1v) is 10.0. The third-order valence-corrected chi connectivity index (χ3v) is 5.22. The van der Waals surface area contributed by atoms with Gasteiger partial charge in [0.15, 0.2) is 0 Å². The first-order valence-electron chi connectivity index (χ1n) is 9.05. The Morgan fingerprint density at radius 2 is 1.96 bits per heavy atom. The molecule has 1 aromatic heterocycles. The molecule has 1 aromatic carbocycles. The van der Waals surface area contributed by atoms with E-state index in [1.165, 1.54) is 0 Å². The van der Waals surface area contributed by atoms with Crippen LogP contribution >= 0.6 is 11.8 Å². The number of likely N-dealkylation sites (N-methyl/N-ethyl adjacent to an activating group) is 1. The zero-order chi connectivity index (χ0) is 20.0. The van der Waals surface area contributed by atoms with Crippen LogP contribution in [-0.4, -0.2) is 41.0 Å². The lowest BCUT2D eigenvalue weighted by molar-refractivity contribution is -0.122. The van der Waals surface area contributed by atoms with Crippen molar-refractivity contribution in [3.63, 3.8) is 0 Å². The van der Waals surface area contributed by atoms with Gasteiger partial charge in [-0.3, -0.25) is 9.59 Å². The molecule has 6 nitrogen and oxygen atoms in total. The van der Waals surface area contributed by atoms with Crippen molar-refractivity contribution in [3.8, 4) is 0 Å². The van der Waals surface area contributed by atoms with E-state index in [4.69, 9.17) is 4.52 Å². The van der Waals surface area contributed by atoms with E-state index in [1.54, 1.807) is 22.7 Å². The average molecular weight is 390 g/mol. The molecule has 0 unspecified atom stereocenters. The Morgan fingerprint density at radius 1 is 1.26 bits per heavy atom. The molecule has 0 aliphatic rings. The molecule has 0 spiro atoms. The number of aryl methyl sites for hydroxylation is 2. The van der Waals surface area contributed by atoms with Crippen LogP contribution in [0.4, 0.5) is 0 Å². The van der Waals surface area contributed by atoms with Crippen molar-refractivity contribution in [1.29, 1.82) is 0 Å². The van der Waals surface area contributed by atoms with Crippen LogP contribution in [0.5, 0.6) is 0 Å². The molecule has 2 aromatic rings. The summed E-state index contributed by atoms with van der Waals surface area (Å²) in [6.07, 6.45) is 0. The lowest BCUT2D eigenvalue weighted by Crippen LogP contribution is -2.42. The largest absolute Gasteiger partial charge is 0.361 e. The number of carbonyl (C=O) groups excluding carboxylic acids is 2. The van der Waals surface area contributed by atoms with E-state index in [1.807, 2.05) is 52.8 Å². The van der Waals surface area contributed by atoms with E-state index in [0.29, 0.717) is 17.9 Å². The molecule has 7 heteroatoms. The van der Waals surface area contributed by atoms with Crippen LogP contribution in [0.1, 0.15) is 48.1 Å². The normalized spacial score (nSPS) is 10.9. The van der Waals surface area contributed by atoms with Crippen LogP contribution in [0.15, 0.2) is 33.7 Å². The van der Waals surface area contributed by atoms with Gasteiger partial charge in [-0.2, -0.15) is 0 Å². The lowest BCUT2D eigenvalue weighted by atomic mass is 10.2. The number of amides is 2. The number of carbonyl (C=O) groups is 2. The minimum Gasteiger partial charge on any atom is -0.361 e. The predicted octanol–water partition coefficient (Wildman–Crippen LogP) is 3.57. The maximum absolute atomic E-state index is 13.0. The van der Waals surface area contributed by atoms with E-state index < -0.39 is 0 Å². The zero-order valence-electron chi connectivity index (χ0n) is 16.5. The van der Waals surface area contributed by atoms with Crippen molar-refractivity contribution in [2.75, 3.05) is 13.1 Å².